The zero-order valence-corrected chi connectivity index (χ0v) is 24.9. The maximum atomic E-state index is 13.7. The number of pyridine rings is 1. The van der Waals surface area contributed by atoms with Crippen molar-refractivity contribution in [3.05, 3.63) is 81.2 Å². The zero-order valence-electron chi connectivity index (χ0n) is 23.2. The van der Waals surface area contributed by atoms with Gasteiger partial charge < -0.3 is 19.9 Å². The monoisotopic (exact) mass is 584 g/mol. The summed E-state index contributed by atoms with van der Waals surface area (Å²) < 4.78 is 5.55. The van der Waals surface area contributed by atoms with Gasteiger partial charge in [0.1, 0.15) is 5.82 Å². The van der Waals surface area contributed by atoms with E-state index in [4.69, 9.17) is 4.74 Å². The maximum absolute atomic E-state index is 13.7. The van der Waals surface area contributed by atoms with Crippen LogP contribution in [0.15, 0.2) is 54.0 Å². The van der Waals surface area contributed by atoms with Crippen molar-refractivity contribution >= 4 is 51.7 Å². The highest BCUT2D eigenvalue weighted by atomic mass is 32.1. The number of rotatable bonds is 4. The normalized spacial score (nSPS) is 17.4. The van der Waals surface area contributed by atoms with Crippen LogP contribution in [-0.2, 0) is 11.2 Å². The highest BCUT2D eigenvalue weighted by Crippen LogP contribution is 2.45. The summed E-state index contributed by atoms with van der Waals surface area (Å²) in [5, 5.41) is 5.09. The number of carbonyl (C=O) groups is 2. The molecule has 0 unspecified atom stereocenters. The Kier molecular flexibility index (Phi) is 6.68. The molecule has 7 rings (SSSR count). The Bertz CT molecular complexity index is 1630. The van der Waals surface area contributed by atoms with E-state index in [-0.39, 0.29) is 17.2 Å². The minimum absolute atomic E-state index is 0.0283. The second-order valence-corrected chi connectivity index (χ2v) is 13.6. The molecule has 1 aromatic carbocycles. The lowest BCUT2D eigenvalue weighted by Crippen LogP contribution is -2.59. The Morgan fingerprint density at radius 3 is 2.59 bits per heavy atom. The number of thiophene rings is 2. The van der Waals surface area contributed by atoms with Gasteiger partial charge in [-0.3, -0.25) is 9.59 Å². The van der Waals surface area contributed by atoms with Crippen LogP contribution in [0.25, 0.3) is 9.75 Å². The molecule has 2 amide bonds. The molecule has 1 spiro atoms. The van der Waals surface area contributed by atoms with Gasteiger partial charge in [0.25, 0.3) is 11.8 Å². The quantitative estimate of drug-likeness (QED) is 0.294. The van der Waals surface area contributed by atoms with Crippen LogP contribution in [0.2, 0.25) is 0 Å². The molecule has 3 aliphatic rings. The van der Waals surface area contributed by atoms with Crippen LogP contribution in [0.3, 0.4) is 0 Å². The number of hydrogen-bond donors (Lipinski definition) is 1. The molecule has 0 atom stereocenters. The van der Waals surface area contributed by atoms with Crippen LogP contribution in [0.5, 0.6) is 0 Å². The van der Waals surface area contributed by atoms with Crippen molar-refractivity contribution in [3.63, 3.8) is 0 Å². The molecule has 2 fully saturated rings. The number of carbonyl (C=O) groups excluding carboxylic acids is 2. The molecule has 2 saturated heterocycles. The van der Waals surface area contributed by atoms with Crippen molar-refractivity contribution in [2.45, 2.75) is 33.1 Å². The number of fused-ring (bicyclic) bond motifs is 3. The third-order valence-corrected chi connectivity index (χ3v) is 10.6. The number of benzene rings is 1. The van der Waals surface area contributed by atoms with Gasteiger partial charge in [0, 0.05) is 65.5 Å². The number of nitrogens with one attached hydrogen (secondary N) is 1. The Morgan fingerprint density at radius 1 is 1.02 bits per heavy atom. The van der Waals surface area contributed by atoms with Crippen molar-refractivity contribution in [1.29, 1.82) is 0 Å². The standard InChI is InChI=1S/C32H32N4O3S2/c1-20-15-25(29(33-17-20)35-18-32(19-35)9-12-39-13-10-32)30(37)34-24-5-3-22(4-6-24)31(38)36-11-7-23-16-21(2)41-27(23)28-26(36)8-14-40-28/h3-6,8,14-17H,7,9-13,18-19H2,1-2H3,(H,34,37). The van der Waals surface area contributed by atoms with E-state index in [0.29, 0.717) is 23.4 Å². The topological polar surface area (TPSA) is 74.8 Å². The molecular formula is C32H32N4O3S2. The second kappa shape index (κ2) is 10.4. The summed E-state index contributed by atoms with van der Waals surface area (Å²) in [5.74, 6) is 0.507. The molecule has 9 heteroatoms. The average molecular weight is 585 g/mol. The van der Waals surface area contributed by atoms with Gasteiger partial charge in [-0.05, 0) is 92.1 Å². The first kappa shape index (κ1) is 26.4. The van der Waals surface area contributed by atoms with Gasteiger partial charge >= 0.3 is 0 Å². The Balaban J connectivity index is 1.06. The van der Waals surface area contributed by atoms with E-state index in [0.717, 1.165) is 62.6 Å². The van der Waals surface area contributed by atoms with Gasteiger partial charge in [0.05, 0.1) is 16.1 Å². The number of anilines is 3. The fraction of sp³-hybridized carbons (Fsp3) is 0.344. The van der Waals surface area contributed by atoms with E-state index in [1.807, 2.05) is 30.2 Å². The van der Waals surface area contributed by atoms with E-state index in [1.165, 1.54) is 20.2 Å². The molecule has 4 aromatic rings. The van der Waals surface area contributed by atoms with Gasteiger partial charge in [-0.2, -0.15) is 0 Å². The summed E-state index contributed by atoms with van der Waals surface area (Å²) in [6, 6.07) is 13.4. The van der Waals surface area contributed by atoms with Crippen molar-refractivity contribution in [1.82, 2.24) is 4.98 Å². The van der Waals surface area contributed by atoms with Crippen LogP contribution in [0.4, 0.5) is 17.2 Å². The van der Waals surface area contributed by atoms with Crippen molar-refractivity contribution in [2.24, 2.45) is 5.41 Å². The molecule has 210 valence electrons. The smallest absolute Gasteiger partial charge is 0.259 e. The van der Waals surface area contributed by atoms with Gasteiger partial charge in [0.2, 0.25) is 0 Å². The van der Waals surface area contributed by atoms with Crippen LogP contribution in [-0.4, -0.2) is 49.6 Å². The van der Waals surface area contributed by atoms with Crippen LogP contribution >= 0.6 is 22.7 Å². The first-order valence-electron chi connectivity index (χ1n) is 14.1. The highest BCUT2D eigenvalue weighted by Gasteiger charge is 2.45. The Hall–Kier alpha value is -3.53. The molecule has 1 N–H and O–H groups in total. The van der Waals surface area contributed by atoms with Crippen LogP contribution in [0.1, 0.15) is 49.6 Å². The van der Waals surface area contributed by atoms with E-state index in [9.17, 15) is 9.59 Å². The predicted molar refractivity (Wildman–Crippen MR) is 166 cm³/mol. The first-order chi connectivity index (χ1) is 19.9. The van der Waals surface area contributed by atoms with Crippen molar-refractivity contribution in [2.75, 3.05) is 48.0 Å². The van der Waals surface area contributed by atoms with Gasteiger partial charge in [0.15, 0.2) is 0 Å². The van der Waals surface area contributed by atoms with Crippen LogP contribution < -0.4 is 15.1 Å². The molecule has 0 bridgehead atoms. The van der Waals surface area contributed by atoms with Crippen molar-refractivity contribution < 1.29 is 14.3 Å². The summed E-state index contributed by atoms with van der Waals surface area (Å²) in [4.78, 5) is 39.6. The number of aromatic nitrogens is 1. The van der Waals surface area contributed by atoms with E-state index < -0.39 is 0 Å². The summed E-state index contributed by atoms with van der Waals surface area (Å²) in [5.41, 5.74) is 5.33. The molecule has 3 aliphatic heterocycles. The molecule has 0 radical (unpaired) electrons. The maximum Gasteiger partial charge on any atom is 0.259 e. The Morgan fingerprint density at radius 2 is 1.80 bits per heavy atom. The lowest BCUT2D eigenvalue weighted by atomic mass is 9.73. The highest BCUT2D eigenvalue weighted by molar-refractivity contribution is 7.22. The summed E-state index contributed by atoms with van der Waals surface area (Å²) in [6.45, 7) is 8.15. The fourth-order valence-electron chi connectivity index (χ4n) is 6.26. The van der Waals surface area contributed by atoms with Gasteiger partial charge in [-0.15, -0.1) is 22.7 Å². The number of aryl methyl sites for hydroxylation is 2. The fourth-order valence-corrected chi connectivity index (χ4v) is 8.41. The second-order valence-electron chi connectivity index (χ2n) is 11.4. The average Bonchev–Trinajstić information content (AvgIpc) is 3.56. The number of hydrogen-bond acceptors (Lipinski definition) is 7. The molecule has 6 heterocycles. The third-order valence-electron chi connectivity index (χ3n) is 8.47. The third kappa shape index (κ3) is 4.86. The Labute approximate surface area is 247 Å². The number of ether oxygens (including phenoxy) is 1. The largest absolute Gasteiger partial charge is 0.381 e. The van der Waals surface area contributed by atoms with Crippen molar-refractivity contribution in [3.8, 4) is 9.75 Å². The van der Waals surface area contributed by atoms with E-state index in [2.05, 4.69) is 33.6 Å². The number of amides is 2. The van der Waals surface area contributed by atoms with Gasteiger partial charge in [-0.25, -0.2) is 4.98 Å². The summed E-state index contributed by atoms with van der Waals surface area (Å²) in [6.07, 6.45) is 4.77. The van der Waals surface area contributed by atoms with Gasteiger partial charge in [-0.1, -0.05) is 0 Å². The summed E-state index contributed by atoms with van der Waals surface area (Å²) in [7, 11) is 0. The molecule has 3 aromatic heterocycles. The molecule has 0 saturated carbocycles. The number of nitrogens with zero attached hydrogens (tertiary/aromatic N) is 3. The molecule has 41 heavy (non-hydrogen) atoms. The molecule has 0 aliphatic carbocycles. The van der Waals surface area contributed by atoms with Crippen LogP contribution in [0, 0.1) is 19.3 Å². The minimum atomic E-state index is -0.194. The zero-order chi connectivity index (χ0) is 28.1. The first-order valence-corrected chi connectivity index (χ1v) is 15.8. The SMILES string of the molecule is Cc1cnc(N2CC3(CCOCC3)C2)c(C(=O)Nc2ccc(C(=O)N3CCc4cc(C)sc4-c4sccc43)cc2)c1. The molecular weight excluding hydrogens is 553 g/mol. The lowest BCUT2D eigenvalue weighted by Gasteiger charge is -2.53. The summed E-state index contributed by atoms with van der Waals surface area (Å²) >= 11 is 3.49. The molecule has 7 nitrogen and oxygen atoms in total. The van der Waals surface area contributed by atoms with E-state index in [1.54, 1.807) is 46.9 Å². The lowest BCUT2D eigenvalue weighted by molar-refractivity contribution is -0.000509. The predicted octanol–water partition coefficient (Wildman–Crippen LogP) is 6.56. The van der Waals surface area contributed by atoms with E-state index >= 15 is 0 Å². The minimum Gasteiger partial charge on any atom is -0.381 e.